The normalized spacial score (nSPS) is 11.0. The summed E-state index contributed by atoms with van der Waals surface area (Å²) >= 11 is -0.0672. The Morgan fingerprint density at radius 1 is 0.475 bits per heavy atom. The maximum absolute atomic E-state index is 10.6. The zero-order valence-electron chi connectivity index (χ0n) is 37.2. The Morgan fingerprint density at radius 2 is 0.763 bits per heavy atom. The molecular formula is C52H64I2O3S2+4. The van der Waals surface area contributed by atoms with Crippen LogP contribution in [0.4, 0.5) is 0 Å². The summed E-state index contributed by atoms with van der Waals surface area (Å²) in [4.78, 5) is 13.2. The molecule has 6 rings (SSSR count). The maximum atomic E-state index is 10.6. The number of rotatable bonds is 7. The minimum Gasteiger partial charge on any atom is -0.508 e. The van der Waals surface area contributed by atoms with E-state index in [0.29, 0.717) is 22.4 Å². The highest BCUT2D eigenvalue weighted by Crippen LogP contribution is 2.22. The molecule has 0 aliphatic carbocycles. The van der Waals surface area contributed by atoms with Crippen molar-refractivity contribution in [3.63, 3.8) is 0 Å². The van der Waals surface area contributed by atoms with Crippen LogP contribution in [-0.4, -0.2) is 36.1 Å². The number of aryl methyl sites for hydroxylation is 2. The number of benzene rings is 6. The van der Waals surface area contributed by atoms with Gasteiger partial charge in [-0.3, -0.25) is 4.79 Å². The number of halogens is 2. The van der Waals surface area contributed by atoms with Gasteiger partial charge in [-0.2, -0.15) is 0 Å². The first-order valence-corrected chi connectivity index (χ1v) is 28.0. The second kappa shape index (κ2) is 24.3. The van der Waals surface area contributed by atoms with Crippen molar-refractivity contribution in [2.75, 3.05) is 25.0 Å². The number of ether oxygens (including phenoxy) is 1. The van der Waals surface area contributed by atoms with Gasteiger partial charge in [0, 0.05) is 28.7 Å². The number of carbonyl (C=O) groups excluding carboxylic acids is 1. The van der Waals surface area contributed by atoms with Crippen LogP contribution in [-0.2, 0) is 37.4 Å². The summed E-state index contributed by atoms with van der Waals surface area (Å²) in [7, 11) is 0.561. The average molecular weight is 1060 g/mol. The molecule has 0 heterocycles. The average Bonchev–Trinajstić information content (AvgIpc) is 3.17. The van der Waals surface area contributed by atoms with Crippen molar-refractivity contribution < 1.29 is 57.0 Å². The van der Waals surface area contributed by atoms with Crippen molar-refractivity contribution in [3.05, 3.63) is 182 Å². The fraction of sp³-hybridized carbons (Fsp3) is 0.288. The van der Waals surface area contributed by atoms with Gasteiger partial charge in [0.15, 0.2) is 24.1 Å². The van der Waals surface area contributed by atoms with Gasteiger partial charge >= 0.3 is 48.4 Å². The largest absolute Gasteiger partial charge is 0.508 e. The van der Waals surface area contributed by atoms with Crippen LogP contribution in [0.3, 0.4) is 0 Å². The number of esters is 1. The lowest BCUT2D eigenvalue weighted by Crippen LogP contribution is -3.61. The maximum Gasteiger partial charge on any atom is 0.357 e. The third-order valence-electron chi connectivity index (χ3n) is 8.74. The molecule has 0 atom stereocenters. The van der Waals surface area contributed by atoms with Crippen molar-refractivity contribution in [3.8, 4) is 11.5 Å². The van der Waals surface area contributed by atoms with E-state index in [9.17, 15) is 4.79 Å². The molecule has 7 heteroatoms. The third kappa shape index (κ3) is 19.3. The monoisotopic (exact) mass is 1050 g/mol. The topological polar surface area (TPSA) is 46.5 Å². The zero-order valence-corrected chi connectivity index (χ0v) is 43.1. The second-order valence-corrected chi connectivity index (χ2v) is 26.8. The first-order valence-electron chi connectivity index (χ1n) is 19.6. The highest BCUT2D eigenvalue weighted by atomic mass is 127. The Labute approximate surface area is 383 Å². The number of aromatic hydroxyl groups is 1. The van der Waals surface area contributed by atoms with E-state index < -0.39 is 0 Å². The van der Waals surface area contributed by atoms with Crippen LogP contribution in [0.5, 0.6) is 11.5 Å². The van der Waals surface area contributed by atoms with Crippen molar-refractivity contribution in [2.24, 2.45) is 0 Å². The molecule has 0 aliphatic rings. The number of hydrogen-bond acceptors (Lipinski definition) is 3. The van der Waals surface area contributed by atoms with Crippen molar-refractivity contribution in [1.82, 2.24) is 0 Å². The molecule has 0 fully saturated rings. The van der Waals surface area contributed by atoms with E-state index in [-0.39, 0.29) is 70.1 Å². The number of phenolic OH excluding ortho intramolecular Hbond substituents is 1. The third-order valence-corrected chi connectivity index (χ3v) is 16.5. The molecule has 0 unspecified atom stereocenters. The lowest BCUT2D eigenvalue weighted by atomic mass is 9.87. The molecule has 0 amide bonds. The SMILES string of the molecule is CC(=O)Oc1ccc([S+](C)C)cc1.CC(C)(C)c1ccc([I+]c2ccc(C(C)(C)C)cc2)cc1.C[S+](C)c1ccc(O)cc1.Cc1ccc([I+]c2ccc(C)cc2)cc1. The van der Waals surface area contributed by atoms with E-state index in [0.717, 1.165) is 0 Å². The fourth-order valence-electron chi connectivity index (χ4n) is 5.13. The summed E-state index contributed by atoms with van der Waals surface area (Å²) in [6, 6.07) is 51.2. The Kier molecular flexibility index (Phi) is 20.6. The number of hydrogen-bond donors (Lipinski definition) is 1. The smallest absolute Gasteiger partial charge is 0.357 e. The standard InChI is InChI=1S/C20H26I.C14H14I.C10H13O2S.C8H10OS/c1-19(2,3)15-7-11-17(12-8-15)21-18-13-9-16(10-14-18)20(4,5)6;1-11-3-7-13(8-4-11)15-14-9-5-12(2)6-10-14;1-8(11)12-9-4-6-10(7-5-9)13(2)3;1-10(2)8-5-3-7(9)4-6-8/h7-14H,1-6H3;3-10H,1-2H3;4-7H,1-3H3;3-6H,1-2H3/q3*+1;/p+1. The van der Waals surface area contributed by atoms with Gasteiger partial charge in [-0.1, -0.05) is 101 Å². The quantitative estimate of drug-likeness (QED) is 0.0883. The molecule has 0 aromatic heterocycles. The van der Waals surface area contributed by atoms with Gasteiger partial charge in [-0.05, 0) is 133 Å². The van der Waals surface area contributed by atoms with Crippen molar-refractivity contribution in [1.29, 1.82) is 0 Å². The molecule has 0 bridgehead atoms. The van der Waals surface area contributed by atoms with Crippen molar-refractivity contribution >= 4 is 27.8 Å². The van der Waals surface area contributed by atoms with Gasteiger partial charge in [-0.25, -0.2) is 0 Å². The first kappa shape index (κ1) is 50.1. The molecule has 0 saturated carbocycles. The summed E-state index contributed by atoms with van der Waals surface area (Å²) in [5.41, 5.74) is 5.99. The molecule has 0 spiro atoms. The molecule has 6 aromatic carbocycles. The van der Waals surface area contributed by atoms with Gasteiger partial charge < -0.3 is 9.84 Å². The predicted molar refractivity (Wildman–Crippen MR) is 248 cm³/mol. The molecule has 59 heavy (non-hydrogen) atoms. The summed E-state index contributed by atoms with van der Waals surface area (Å²) in [6.45, 7) is 19.3. The molecule has 312 valence electrons. The van der Waals surface area contributed by atoms with Crippen LogP contribution < -0.4 is 47.1 Å². The van der Waals surface area contributed by atoms with Crippen LogP contribution in [0.15, 0.2) is 155 Å². The minimum atomic E-state index is -0.278. The summed E-state index contributed by atoms with van der Waals surface area (Å²) in [6.07, 6.45) is 8.63. The van der Waals surface area contributed by atoms with Crippen LogP contribution in [0.25, 0.3) is 0 Å². The fourth-order valence-corrected chi connectivity index (χ4v) is 10.8. The molecule has 0 saturated heterocycles. The molecular weight excluding hydrogens is 991 g/mol. The first-order chi connectivity index (χ1) is 27.7. The van der Waals surface area contributed by atoms with E-state index in [2.05, 4.69) is 177 Å². The van der Waals surface area contributed by atoms with E-state index >= 15 is 0 Å². The van der Waals surface area contributed by atoms with E-state index in [4.69, 9.17) is 9.84 Å². The van der Waals surface area contributed by atoms with Gasteiger partial charge in [0.05, 0.1) is 0 Å². The molecule has 6 aromatic rings. The van der Waals surface area contributed by atoms with Crippen LogP contribution in [0, 0.1) is 28.1 Å². The number of phenols is 1. The van der Waals surface area contributed by atoms with Gasteiger partial charge in [0.25, 0.3) is 0 Å². The predicted octanol–water partition coefficient (Wildman–Crippen LogP) is 6.32. The van der Waals surface area contributed by atoms with E-state index in [1.54, 1.807) is 12.1 Å². The minimum absolute atomic E-state index is 0.00313. The van der Waals surface area contributed by atoms with Crippen molar-refractivity contribution in [2.45, 2.75) is 82.9 Å². The summed E-state index contributed by atoms with van der Waals surface area (Å²) in [5, 5.41) is 8.94. The second-order valence-electron chi connectivity index (χ2n) is 16.5. The van der Waals surface area contributed by atoms with Crippen LogP contribution in [0.2, 0.25) is 0 Å². The highest BCUT2D eigenvalue weighted by molar-refractivity contribution is 7.95. The molecule has 1 N–H and O–H groups in total. The number of carbonyl (C=O) groups is 1. The molecule has 3 nitrogen and oxygen atoms in total. The van der Waals surface area contributed by atoms with Gasteiger partial charge in [0.1, 0.15) is 36.5 Å². The summed E-state index contributed by atoms with van der Waals surface area (Å²) < 4.78 is 10.9. The van der Waals surface area contributed by atoms with E-state index in [1.165, 1.54) is 53.2 Å². The lowest BCUT2D eigenvalue weighted by Gasteiger charge is -2.18. The van der Waals surface area contributed by atoms with Gasteiger partial charge in [0.2, 0.25) is 0 Å². The Hall–Kier alpha value is -3.25. The Bertz CT molecular complexity index is 2010. The lowest BCUT2D eigenvalue weighted by molar-refractivity contribution is -0.597. The van der Waals surface area contributed by atoms with Gasteiger partial charge in [-0.15, -0.1) is 0 Å². The van der Waals surface area contributed by atoms with Crippen LogP contribution in [0.1, 0.15) is 70.7 Å². The van der Waals surface area contributed by atoms with Crippen LogP contribution >= 0.6 is 0 Å². The summed E-state index contributed by atoms with van der Waals surface area (Å²) in [5.74, 6) is 0.677. The Morgan fingerprint density at radius 3 is 1.03 bits per heavy atom. The highest BCUT2D eigenvalue weighted by Gasteiger charge is 2.20. The zero-order chi connectivity index (χ0) is 43.8. The van der Waals surface area contributed by atoms with E-state index in [1.807, 2.05) is 36.4 Å². The Balaban J connectivity index is 0.000000218. The molecule has 0 aliphatic heterocycles. The molecule has 0 radical (unpaired) electrons.